The van der Waals surface area contributed by atoms with Crippen LogP contribution in [0.4, 0.5) is 10.1 Å². The third-order valence-electron chi connectivity index (χ3n) is 2.97. The topological polar surface area (TPSA) is 37.3 Å². The number of nitrogens with zero attached hydrogens (tertiary/aromatic N) is 2. The molecule has 3 nitrogen and oxygen atoms in total. The van der Waals surface area contributed by atoms with Gasteiger partial charge in [0, 0.05) is 16.2 Å². The van der Waals surface area contributed by atoms with E-state index in [9.17, 15) is 4.39 Å². The van der Waals surface area contributed by atoms with E-state index in [4.69, 9.17) is 23.8 Å². The van der Waals surface area contributed by atoms with E-state index < -0.39 is 5.82 Å². The van der Waals surface area contributed by atoms with Crippen molar-refractivity contribution in [1.29, 1.82) is 0 Å². The lowest BCUT2D eigenvalue weighted by Gasteiger charge is -2.13. The van der Waals surface area contributed by atoms with Crippen molar-refractivity contribution in [2.45, 2.75) is 0 Å². The maximum Gasteiger partial charge on any atom is 0.151 e. The molecule has 21 heavy (non-hydrogen) atoms. The third-order valence-corrected chi connectivity index (χ3v) is 4.48. The van der Waals surface area contributed by atoms with Crippen molar-refractivity contribution in [1.82, 2.24) is 4.98 Å². The van der Waals surface area contributed by atoms with Crippen LogP contribution in [0.3, 0.4) is 0 Å². The number of hydrogen-bond donors (Lipinski definition) is 1. The van der Waals surface area contributed by atoms with E-state index >= 15 is 0 Å². The summed E-state index contributed by atoms with van der Waals surface area (Å²) < 4.78 is 14.8. The Kier molecular flexibility index (Phi) is 4.01. The summed E-state index contributed by atoms with van der Waals surface area (Å²) >= 11 is 14.9. The molecule has 1 aliphatic heterocycles. The number of benzene rings is 1. The molecule has 1 aromatic heterocycles. The third kappa shape index (κ3) is 2.71. The van der Waals surface area contributed by atoms with Crippen molar-refractivity contribution in [2.24, 2.45) is 4.99 Å². The molecule has 106 valence electrons. The van der Waals surface area contributed by atoms with Crippen molar-refractivity contribution in [3.63, 3.8) is 0 Å². The van der Waals surface area contributed by atoms with Gasteiger partial charge < -0.3 is 5.32 Å². The molecule has 7 heteroatoms. The van der Waals surface area contributed by atoms with E-state index in [-0.39, 0.29) is 12.2 Å². The van der Waals surface area contributed by atoms with Crippen LogP contribution in [-0.2, 0) is 0 Å². The second-order valence-corrected chi connectivity index (χ2v) is 6.06. The predicted molar refractivity (Wildman–Crippen MR) is 90.1 cm³/mol. The summed E-state index contributed by atoms with van der Waals surface area (Å²) in [6.07, 6.45) is 1.52. The number of aromatic nitrogens is 1. The molecule has 0 amide bonds. The van der Waals surface area contributed by atoms with Crippen molar-refractivity contribution < 1.29 is 4.39 Å². The number of rotatable bonds is 1. The Morgan fingerprint density at radius 1 is 1.33 bits per heavy atom. The Morgan fingerprint density at radius 2 is 2.14 bits per heavy atom. The lowest BCUT2D eigenvalue weighted by Crippen LogP contribution is -2.11. The van der Waals surface area contributed by atoms with Crippen LogP contribution in [0.2, 0.25) is 5.02 Å². The first-order chi connectivity index (χ1) is 10.1. The van der Waals surface area contributed by atoms with Gasteiger partial charge in [-0.25, -0.2) is 4.39 Å². The quantitative estimate of drug-likeness (QED) is 0.748. The molecule has 0 unspecified atom stereocenters. The zero-order valence-electron chi connectivity index (χ0n) is 10.5. The molecule has 2 heterocycles. The van der Waals surface area contributed by atoms with Crippen molar-refractivity contribution in [3.05, 3.63) is 57.0 Å². The molecule has 0 atom stereocenters. The summed E-state index contributed by atoms with van der Waals surface area (Å²) in [5.74, 6) is -0.453. The van der Waals surface area contributed by atoms with E-state index in [0.29, 0.717) is 31.4 Å². The lowest BCUT2D eigenvalue weighted by atomic mass is 10.0. The Bertz CT molecular complexity index is 779. The number of benzodiazepines with no additional fused rings is 1. The van der Waals surface area contributed by atoms with Crippen LogP contribution in [0, 0.1) is 5.82 Å². The van der Waals surface area contributed by atoms with E-state index in [1.807, 2.05) is 6.07 Å². The highest BCUT2D eigenvalue weighted by atomic mass is 79.9. The van der Waals surface area contributed by atoms with Gasteiger partial charge in [0.05, 0.1) is 23.0 Å². The zero-order valence-corrected chi connectivity index (χ0v) is 13.7. The zero-order chi connectivity index (χ0) is 15.0. The summed E-state index contributed by atoms with van der Waals surface area (Å²) in [4.78, 5) is 9.01. The number of halogens is 3. The number of pyridine rings is 1. The molecule has 0 bridgehead atoms. The minimum Gasteiger partial charge on any atom is -0.348 e. The van der Waals surface area contributed by atoms with Crippen LogP contribution in [0.5, 0.6) is 0 Å². The van der Waals surface area contributed by atoms with Crippen LogP contribution < -0.4 is 5.32 Å². The number of aliphatic imine (C=N–C) groups is 1. The highest BCUT2D eigenvalue weighted by molar-refractivity contribution is 9.10. The summed E-state index contributed by atoms with van der Waals surface area (Å²) in [5, 5.41) is 3.51. The predicted octanol–water partition coefficient (Wildman–Crippen LogP) is 4.23. The van der Waals surface area contributed by atoms with Crippen LogP contribution in [0.25, 0.3) is 0 Å². The maximum absolute atomic E-state index is 14.1. The molecule has 0 radical (unpaired) electrons. The molecule has 1 N–H and O–H groups in total. The molecular weight excluding hydrogens is 377 g/mol. The van der Waals surface area contributed by atoms with Crippen molar-refractivity contribution in [2.75, 3.05) is 11.9 Å². The van der Waals surface area contributed by atoms with Crippen LogP contribution in [0.15, 0.2) is 39.9 Å². The Hall–Kier alpha value is -1.37. The Labute approximate surface area is 139 Å². The number of anilines is 1. The van der Waals surface area contributed by atoms with Gasteiger partial charge in [0.1, 0.15) is 10.7 Å². The lowest BCUT2D eigenvalue weighted by molar-refractivity contribution is 0.618. The smallest absolute Gasteiger partial charge is 0.151 e. The second kappa shape index (κ2) is 5.79. The summed E-state index contributed by atoms with van der Waals surface area (Å²) in [5.41, 5.74) is 1.82. The average Bonchev–Trinajstić information content (AvgIpc) is 2.63. The van der Waals surface area contributed by atoms with Gasteiger partial charge in [-0.1, -0.05) is 23.8 Å². The van der Waals surface area contributed by atoms with Gasteiger partial charge in [0.2, 0.25) is 0 Å². The van der Waals surface area contributed by atoms with E-state index in [0.717, 1.165) is 0 Å². The first-order valence-corrected chi connectivity index (χ1v) is 7.59. The molecule has 0 saturated carbocycles. The van der Waals surface area contributed by atoms with Gasteiger partial charge in [0.25, 0.3) is 0 Å². The van der Waals surface area contributed by atoms with Gasteiger partial charge in [-0.15, -0.1) is 0 Å². The highest BCUT2D eigenvalue weighted by Gasteiger charge is 2.23. The molecule has 2 aromatic rings. The molecular formula is C14H8BrClFN3S. The number of thiocarbonyl (C=S) groups is 1. The average molecular weight is 385 g/mol. The van der Waals surface area contributed by atoms with Crippen LogP contribution in [-0.4, -0.2) is 22.2 Å². The normalized spacial score (nSPS) is 14.0. The summed E-state index contributed by atoms with van der Waals surface area (Å²) in [6.45, 7) is 0.253. The molecule has 0 saturated heterocycles. The molecule has 0 fully saturated rings. The fourth-order valence-corrected chi connectivity index (χ4v) is 2.82. The first-order valence-electron chi connectivity index (χ1n) is 6.01. The maximum atomic E-state index is 14.1. The van der Waals surface area contributed by atoms with Crippen LogP contribution >= 0.6 is 39.7 Å². The first kappa shape index (κ1) is 14.6. The van der Waals surface area contributed by atoms with Gasteiger partial charge in [0.15, 0.2) is 5.82 Å². The fourth-order valence-electron chi connectivity index (χ4n) is 2.06. The Morgan fingerprint density at radius 3 is 2.90 bits per heavy atom. The van der Waals surface area contributed by atoms with Crippen LogP contribution in [0.1, 0.15) is 11.3 Å². The monoisotopic (exact) mass is 383 g/mol. The highest BCUT2D eigenvalue weighted by Crippen LogP contribution is 2.35. The van der Waals surface area contributed by atoms with Crippen molar-refractivity contribution >= 4 is 56.1 Å². The number of hydrogen-bond acceptors (Lipinski definition) is 3. The van der Waals surface area contributed by atoms with E-state index in [1.165, 1.54) is 18.3 Å². The number of nitrogens with one attached hydrogen (secondary N) is 1. The summed E-state index contributed by atoms with van der Waals surface area (Å²) in [6, 6.07) is 6.49. The molecule has 3 rings (SSSR count). The van der Waals surface area contributed by atoms with Gasteiger partial charge >= 0.3 is 0 Å². The van der Waals surface area contributed by atoms with E-state index in [1.54, 1.807) is 6.07 Å². The molecule has 0 aliphatic carbocycles. The molecule has 1 aliphatic rings. The van der Waals surface area contributed by atoms with Gasteiger partial charge in [-0.05, 0) is 40.2 Å². The van der Waals surface area contributed by atoms with Crippen molar-refractivity contribution in [3.8, 4) is 0 Å². The SMILES string of the molecule is Fc1cccnc1C1=NCC(=S)Nc2ccc(Br)c(Cl)c21. The van der Waals surface area contributed by atoms with E-state index in [2.05, 4.69) is 31.2 Å². The Balaban J connectivity index is 2.30. The second-order valence-electron chi connectivity index (χ2n) is 4.33. The minimum atomic E-state index is -0.453. The largest absolute Gasteiger partial charge is 0.348 e. The number of fused-ring (bicyclic) bond motifs is 1. The molecule has 1 aromatic carbocycles. The van der Waals surface area contributed by atoms with Gasteiger partial charge in [-0.2, -0.15) is 0 Å². The standard InChI is InChI=1S/C14H8BrClFN3S/c15-7-3-4-9-11(12(7)16)14(19-6-10(21)20-9)13-8(17)2-1-5-18-13/h1-5H,6H2,(H,20,21). The molecule has 0 spiro atoms. The fraction of sp³-hybridized carbons (Fsp3) is 0.0714. The minimum absolute atomic E-state index is 0.158. The summed E-state index contributed by atoms with van der Waals surface area (Å²) in [7, 11) is 0. The van der Waals surface area contributed by atoms with Gasteiger partial charge in [-0.3, -0.25) is 9.98 Å².